The second-order valence-corrected chi connectivity index (χ2v) is 8.01. The fourth-order valence-electron chi connectivity index (χ4n) is 3.31. The molecule has 186 valence electrons. The molecule has 8 heteroatoms. The Labute approximate surface area is 207 Å². The molecule has 0 aliphatic heterocycles. The van der Waals surface area contributed by atoms with E-state index < -0.39 is 6.09 Å². The second-order valence-electron chi connectivity index (χ2n) is 8.01. The summed E-state index contributed by atoms with van der Waals surface area (Å²) in [6, 6.07) is 21.2. The molecule has 0 saturated heterocycles. The number of ether oxygens (including phenoxy) is 4. The second kappa shape index (κ2) is 13.8. The Morgan fingerprint density at radius 1 is 0.857 bits per heavy atom. The third-order valence-electron chi connectivity index (χ3n) is 5.16. The Morgan fingerprint density at radius 2 is 1.63 bits per heavy atom. The van der Waals surface area contributed by atoms with Gasteiger partial charge in [-0.05, 0) is 41.5 Å². The highest BCUT2D eigenvalue weighted by atomic mass is 16.6. The molecular formula is C27H33N3O5. The molecule has 1 heterocycles. The van der Waals surface area contributed by atoms with Crippen molar-refractivity contribution in [3.05, 3.63) is 84.1 Å². The van der Waals surface area contributed by atoms with E-state index in [1.165, 1.54) is 0 Å². The molecule has 8 nitrogen and oxygen atoms in total. The molecule has 0 spiro atoms. The van der Waals surface area contributed by atoms with Crippen LogP contribution < -0.4 is 14.4 Å². The monoisotopic (exact) mass is 479 g/mol. The fourth-order valence-corrected chi connectivity index (χ4v) is 3.31. The first-order valence-electron chi connectivity index (χ1n) is 11.5. The summed E-state index contributed by atoms with van der Waals surface area (Å²) in [7, 11) is 5.61. The van der Waals surface area contributed by atoms with Gasteiger partial charge in [-0.25, -0.2) is 9.78 Å². The summed E-state index contributed by atoms with van der Waals surface area (Å²) in [5, 5.41) is 0. The number of carbonyl (C=O) groups is 1. The maximum absolute atomic E-state index is 12.9. The summed E-state index contributed by atoms with van der Waals surface area (Å²) in [6.45, 7) is 1.99. The Bertz CT molecular complexity index is 1030. The van der Waals surface area contributed by atoms with Gasteiger partial charge >= 0.3 is 6.09 Å². The average Bonchev–Trinajstić information content (AvgIpc) is 2.88. The van der Waals surface area contributed by atoms with Crippen LogP contribution in [0.1, 0.15) is 11.1 Å². The molecule has 3 aromatic rings. The molecule has 1 amide bonds. The number of methoxy groups -OCH3 is 1. The molecule has 0 N–H and O–H groups in total. The van der Waals surface area contributed by atoms with Crippen LogP contribution in [0.5, 0.6) is 11.6 Å². The van der Waals surface area contributed by atoms with E-state index in [1.807, 2.05) is 79.7 Å². The van der Waals surface area contributed by atoms with Gasteiger partial charge in [-0.1, -0.05) is 30.3 Å². The molecule has 2 aromatic carbocycles. The first kappa shape index (κ1) is 25.8. The van der Waals surface area contributed by atoms with Crippen LogP contribution in [0.3, 0.4) is 0 Å². The summed E-state index contributed by atoms with van der Waals surface area (Å²) < 4.78 is 21.8. The summed E-state index contributed by atoms with van der Waals surface area (Å²) in [5.74, 6) is 1.29. The largest absolute Gasteiger partial charge is 0.497 e. The SMILES string of the molecule is COc1cccc(CN(Cc2ccc(N(C)C)cc2)C(=O)OCCOCCOc2ccccn2)c1. The minimum absolute atomic E-state index is 0.149. The van der Waals surface area contributed by atoms with Gasteiger partial charge in [0.1, 0.15) is 19.0 Å². The van der Waals surface area contributed by atoms with Crippen molar-refractivity contribution < 1.29 is 23.7 Å². The number of pyridine rings is 1. The quantitative estimate of drug-likeness (QED) is 0.337. The van der Waals surface area contributed by atoms with Gasteiger partial charge in [-0.15, -0.1) is 0 Å². The Morgan fingerprint density at radius 3 is 2.34 bits per heavy atom. The van der Waals surface area contributed by atoms with E-state index in [-0.39, 0.29) is 13.2 Å². The third kappa shape index (κ3) is 8.83. The molecule has 35 heavy (non-hydrogen) atoms. The lowest BCUT2D eigenvalue weighted by atomic mass is 10.1. The maximum atomic E-state index is 12.9. The minimum Gasteiger partial charge on any atom is -0.497 e. The summed E-state index contributed by atoms with van der Waals surface area (Å²) in [4.78, 5) is 20.7. The smallest absolute Gasteiger partial charge is 0.410 e. The zero-order valence-corrected chi connectivity index (χ0v) is 20.6. The predicted octanol–water partition coefficient (Wildman–Crippen LogP) is 4.39. The van der Waals surface area contributed by atoms with E-state index >= 15 is 0 Å². The molecule has 1 aromatic heterocycles. The highest BCUT2D eigenvalue weighted by Gasteiger charge is 2.17. The number of aromatic nitrogens is 1. The molecule has 0 fully saturated rings. The Hall–Kier alpha value is -3.78. The van der Waals surface area contributed by atoms with Gasteiger partial charge in [-0.2, -0.15) is 0 Å². The molecule has 0 bridgehead atoms. The fraction of sp³-hybridized carbons (Fsp3) is 0.333. The van der Waals surface area contributed by atoms with Crippen LogP contribution in [0.4, 0.5) is 10.5 Å². The number of hydrogen-bond donors (Lipinski definition) is 0. The third-order valence-corrected chi connectivity index (χ3v) is 5.16. The van der Waals surface area contributed by atoms with Crippen LogP contribution >= 0.6 is 0 Å². The first-order chi connectivity index (χ1) is 17.0. The predicted molar refractivity (Wildman–Crippen MR) is 135 cm³/mol. The average molecular weight is 480 g/mol. The summed E-state index contributed by atoms with van der Waals surface area (Å²) in [5.41, 5.74) is 3.06. The van der Waals surface area contributed by atoms with Gasteiger partial charge in [-0.3, -0.25) is 4.90 Å². The van der Waals surface area contributed by atoms with E-state index in [2.05, 4.69) is 4.98 Å². The van der Waals surface area contributed by atoms with E-state index in [1.54, 1.807) is 24.3 Å². The van der Waals surface area contributed by atoms with Crippen molar-refractivity contribution in [3.63, 3.8) is 0 Å². The van der Waals surface area contributed by atoms with Gasteiger partial charge in [0.25, 0.3) is 0 Å². The molecular weight excluding hydrogens is 446 g/mol. The van der Waals surface area contributed by atoms with Gasteiger partial charge in [0.15, 0.2) is 0 Å². The molecule has 0 aliphatic carbocycles. The lowest BCUT2D eigenvalue weighted by Crippen LogP contribution is -2.31. The summed E-state index contributed by atoms with van der Waals surface area (Å²) in [6.07, 6.45) is 1.27. The number of benzene rings is 2. The van der Waals surface area contributed by atoms with E-state index in [4.69, 9.17) is 18.9 Å². The number of hydrogen-bond acceptors (Lipinski definition) is 7. The van der Waals surface area contributed by atoms with Crippen LogP contribution in [0.15, 0.2) is 72.9 Å². The highest BCUT2D eigenvalue weighted by Crippen LogP contribution is 2.18. The Balaban J connectivity index is 1.51. The number of anilines is 1. The van der Waals surface area contributed by atoms with Crippen LogP contribution in [-0.2, 0) is 22.6 Å². The lowest BCUT2D eigenvalue weighted by Gasteiger charge is -2.23. The van der Waals surface area contributed by atoms with Crippen molar-refractivity contribution in [1.82, 2.24) is 9.88 Å². The van der Waals surface area contributed by atoms with Crippen molar-refractivity contribution in [1.29, 1.82) is 0 Å². The van der Waals surface area contributed by atoms with Crippen molar-refractivity contribution >= 4 is 11.8 Å². The highest BCUT2D eigenvalue weighted by molar-refractivity contribution is 5.67. The lowest BCUT2D eigenvalue weighted by molar-refractivity contribution is 0.0422. The summed E-state index contributed by atoms with van der Waals surface area (Å²) >= 11 is 0. The first-order valence-corrected chi connectivity index (χ1v) is 11.5. The standard InChI is InChI=1S/C27H33N3O5/c1-29(2)24-12-10-22(11-13-24)20-30(21-23-7-6-8-25(19-23)32-3)27(31)35-18-16-33-15-17-34-26-9-4-5-14-28-26/h4-14,19H,15-18,20-21H2,1-3H3. The Kier molecular flexibility index (Phi) is 10.2. The van der Waals surface area contributed by atoms with E-state index in [9.17, 15) is 4.79 Å². The molecule has 3 rings (SSSR count). The van der Waals surface area contributed by atoms with Crippen LogP contribution in [-0.4, -0.2) is 63.6 Å². The van der Waals surface area contributed by atoms with E-state index in [0.717, 1.165) is 22.6 Å². The van der Waals surface area contributed by atoms with Crippen LogP contribution in [0.25, 0.3) is 0 Å². The molecule has 0 atom stereocenters. The van der Waals surface area contributed by atoms with Gasteiger partial charge < -0.3 is 23.8 Å². The van der Waals surface area contributed by atoms with Crippen molar-refractivity contribution in [2.24, 2.45) is 0 Å². The zero-order chi connectivity index (χ0) is 24.9. The molecule has 0 saturated carbocycles. The number of amides is 1. The molecule has 0 aliphatic rings. The van der Waals surface area contributed by atoms with Crippen molar-refractivity contribution in [2.45, 2.75) is 13.1 Å². The number of carbonyl (C=O) groups excluding carboxylic acids is 1. The minimum atomic E-state index is -0.405. The number of rotatable bonds is 13. The van der Waals surface area contributed by atoms with Crippen molar-refractivity contribution in [2.75, 3.05) is 52.5 Å². The topological polar surface area (TPSA) is 73.4 Å². The maximum Gasteiger partial charge on any atom is 0.410 e. The molecule has 0 radical (unpaired) electrons. The van der Waals surface area contributed by atoms with Gasteiger partial charge in [0.05, 0.1) is 20.3 Å². The van der Waals surface area contributed by atoms with Crippen LogP contribution in [0.2, 0.25) is 0 Å². The van der Waals surface area contributed by atoms with Gasteiger partial charge in [0.2, 0.25) is 5.88 Å². The molecule has 0 unspecified atom stereocenters. The normalized spacial score (nSPS) is 10.5. The number of nitrogens with zero attached hydrogens (tertiary/aromatic N) is 3. The van der Waals surface area contributed by atoms with Crippen LogP contribution in [0, 0.1) is 0 Å². The zero-order valence-electron chi connectivity index (χ0n) is 20.6. The van der Waals surface area contributed by atoms with Gasteiger partial charge in [0, 0.05) is 45.1 Å². The van der Waals surface area contributed by atoms with Crippen molar-refractivity contribution in [3.8, 4) is 11.6 Å². The van der Waals surface area contributed by atoms with E-state index in [0.29, 0.717) is 32.2 Å².